The molecule has 0 atom stereocenters. The van der Waals surface area contributed by atoms with E-state index in [1.807, 2.05) is 0 Å². The van der Waals surface area contributed by atoms with Crippen LogP contribution in [0.25, 0.3) is 0 Å². The fraction of sp³-hybridized carbons (Fsp3) is 0.706. The predicted molar refractivity (Wildman–Crippen MR) is 76.6 cm³/mol. The van der Waals surface area contributed by atoms with Crippen LogP contribution in [0.1, 0.15) is 78.1 Å². The van der Waals surface area contributed by atoms with E-state index in [1.165, 1.54) is 60.8 Å². The van der Waals surface area contributed by atoms with E-state index in [4.69, 9.17) is 0 Å². The fourth-order valence-corrected chi connectivity index (χ4v) is 3.25. The molecule has 0 heterocycles. The summed E-state index contributed by atoms with van der Waals surface area (Å²) in [6.45, 7) is 4.43. The molecule has 0 aromatic carbocycles. The van der Waals surface area contributed by atoms with Gasteiger partial charge in [-0.1, -0.05) is 22.3 Å². The van der Waals surface area contributed by atoms with Gasteiger partial charge in [0.25, 0.3) is 0 Å². The summed E-state index contributed by atoms with van der Waals surface area (Å²) < 4.78 is 0. The second-order valence-corrected chi connectivity index (χ2v) is 6.07. The third-order valence-corrected chi connectivity index (χ3v) is 4.59. The molecule has 0 radical (unpaired) electrons. The molecular weight excluding hydrogens is 220 g/mol. The molecule has 0 N–H and O–H groups in total. The molecule has 2 aliphatic rings. The Morgan fingerprint density at radius 1 is 0.778 bits per heavy atom. The summed E-state index contributed by atoms with van der Waals surface area (Å²) in [5.41, 5.74) is 5.87. The molecule has 0 aliphatic heterocycles. The van der Waals surface area contributed by atoms with E-state index in [2.05, 4.69) is 13.8 Å². The zero-order chi connectivity index (χ0) is 13.0. The highest BCUT2D eigenvalue weighted by atomic mass is 16.1. The first-order valence-corrected chi connectivity index (χ1v) is 7.53. The molecule has 0 aromatic rings. The summed E-state index contributed by atoms with van der Waals surface area (Å²) in [5.74, 6) is 0.447. The van der Waals surface area contributed by atoms with Gasteiger partial charge in [0, 0.05) is 12.8 Å². The van der Waals surface area contributed by atoms with Gasteiger partial charge in [-0.05, 0) is 65.2 Å². The quantitative estimate of drug-likeness (QED) is 0.629. The molecule has 0 amide bonds. The number of hydrogen-bond donors (Lipinski definition) is 0. The van der Waals surface area contributed by atoms with Crippen LogP contribution in [-0.2, 0) is 4.79 Å². The molecule has 0 bridgehead atoms. The lowest BCUT2D eigenvalue weighted by Crippen LogP contribution is -2.08. The van der Waals surface area contributed by atoms with Gasteiger partial charge in [-0.3, -0.25) is 4.79 Å². The van der Waals surface area contributed by atoms with Crippen molar-refractivity contribution in [1.29, 1.82) is 0 Å². The number of carbonyl (C=O) groups excluding carboxylic acids is 1. The summed E-state index contributed by atoms with van der Waals surface area (Å²) in [6, 6.07) is 0. The van der Waals surface area contributed by atoms with Crippen LogP contribution in [-0.4, -0.2) is 5.78 Å². The molecule has 0 saturated carbocycles. The molecule has 0 aromatic heterocycles. The van der Waals surface area contributed by atoms with E-state index in [-0.39, 0.29) is 0 Å². The zero-order valence-electron chi connectivity index (χ0n) is 12.0. The Labute approximate surface area is 111 Å². The van der Waals surface area contributed by atoms with Crippen molar-refractivity contribution >= 4 is 5.78 Å². The Morgan fingerprint density at radius 3 is 1.56 bits per heavy atom. The van der Waals surface area contributed by atoms with Crippen molar-refractivity contribution in [2.75, 3.05) is 0 Å². The fourth-order valence-electron chi connectivity index (χ4n) is 3.25. The third kappa shape index (κ3) is 3.57. The van der Waals surface area contributed by atoms with E-state index in [0.717, 1.165) is 25.7 Å². The molecule has 0 spiro atoms. The third-order valence-electron chi connectivity index (χ3n) is 4.59. The normalized spacial score (nSPS) is 21.4. The van der Waals surface area contributed by atoms with Crippen LogP contribution in [0.4, 0.5) is 0 Å². The minimum atomic E-state index is 0.447. The summed E-state index contributed by atoms with van der Waals surface area (Å²) in [7, 11) is 0. The van der Waals surface area contributed by atoms with Crippen molar-refractivity contribution in [3.05, 3.63) is 22.3 Å². The van der Waals surface area contributed by atoms with E-state index in [0.29, 0.717) is 5.78 Å². The predicted octanol–water partition coefficient (Wildman–Crippen LogP) is 5.12. The van der Waals surface area contributed by atoms with Gasteiger partial charge in [-0.2, -0.15) is 0 Å². The van der Waals surface area contributed by atoms with Crippen molar-refractivity contribution in [1.82, 2.24) is 0 Å². The standard InChI is InChI=1S/C17H26O/c1-13-7-3-5-9-15(13)11-17(18)12-16-10-6-4-8-14(16)2/h3-12H2,1-2H3. The summed E-state index contributed by atoms with van der Waals surface area (Å²) >= 11 is 0. The summed E-state index contributed by atoms with van der Waals surface area (Å²) in [5, 5.41) is 0. The number of hydrogen-bond acceptors (Lipinski definition) is 1. The average molecular weight is 246 g/mol. The maximum Gasteiger partial charge on any atom is 0.140 e. The van der Waals surface area contributed by atoms with Gasteiger partial charge in [-0.15, -0.1) is 0 Å². The van der Waals surface area contributed by atoms with Crippen molar-refractivity contribution in [3.8, 4) is 0 Å². The number of ketones is 1. The average Bonchev–Trinajstić information content (AvgIpc) is 2.35. The smallest absolute Gasteiger partial charge is 0.140 e. The van der Waals surface area contributed by atoms with Crippen LogP contribution in [0.5, 0.6) is 0 Å². The molecule has 0 unspecified atom stereocenters. The van der Waals surface area contributed by atoms with Crippen LogP contribution >= 0.6 is 0 Å². The lowest BCUT2D eigenvalue weighted by molar-refractivity contribution is -0.117. The Kier molecular flexibility index (Phi) is 4.79. The molecule has 18 heavy (non-hydrogen) atoms. The monoisotopic (exact) mass is 246 g/mol. The SMILES string of the molecule is CC1=C(CC(=O)CC2=C(C)CCCC2)CCCC1. The van der Waals surface area contributed by atoms with Gasteiger partial charge in [0.05, 0.1) is 0 Å². The topological polar surface area (TPSA) is 17.1 Å². The van der Waals surface area contributed by atoms with Crippen LogP contribution in [0, 0.1) is 0 Å². The zero-order valence-corrected chi connectivity index (χ0v) is 12.0. The first kappa shape index (κ1) is 13.6. The summed E-state index contributed by atoms with van der Waals surface area (Å²) in [4.78, 5) is 12.2. The van der Waals surface area contributed by atoms with E-state index < -0.39 is 0 Å². The first-order valence-electron chi connectivity index (χ1n) is 7.53. The van der Waals surface area contributed by atoms with Gasteiger partial charge in [0.1, 0.15) is 5.78 Å². The van der Waals surface area contributed by atoms with Crippen LogP contribution in [0.2, 0.25) is 0 Å². The maximum absolute atomic E-state index is 12.2. The van der Waals surface area contributed by atoms with Crippen LogP contribution < -0.4 is 0 Å². The van der Waals surface area contributed by atoms with Gasteiger partial charge in [0.15, 0.2) is 0 Å². The lowest BCUT2D eigenvalue weighted by atomic mass is 9.86. The highest BCUT2D eigenvalue weighted by Gasteiger charge is 2.16. The number of Topliss-reactive ketones (excluding diaryl/α,β-unsaturated/α-hetero) is 1. The van der Waals surface area contributed by atoms with Gasteiger partial charge in [-0.25, -0.2) is 0 Å². The van der Waals surface area contributed by atoms with Crippen molar-refractivity contribution < 1.29 is 4.79 Å². The highest BCUT2D eigenvalue weighted by Crippen LogP contribution is 2.30. The molecular formula is C17H26O. The van der Waals surface area contributed by atoms with Crippen LogP contribution in [0.15, 0.2) is 22.3 Å². The molecule has 0 fully saturated rings. The van der Waals surface area contributed by atoms with E-state index in [1.54, 1.807) is 0 Å². The van der Waals surface area contributed by atoms with Gasteiger partial charge in [0.2, 0.25) is 0 Å². The van der Waals surface area contributed by atoms with Crippen molar-refractivity contribution in [2.45, 2.75) is 78.1 Å². The van der Waals surface area contributed by atoms with Crippen molar-refractivity contribution in [3.63, 3.8) is 0 Å². The molecule has 2 rings (SSSR count). The lowest BCUT2D eigenvalue weighted by Gasteiger charge is -2.19. The number of allylic oxidation sites excluding steroid dienone is 4. The molecule has 2 aliphatic carbocycles. The molecule has 0 saturated heterocycles. The van der Waals surface area contributed by atoms with Gasteiger partial charge < -0.3 is 0 Å². The minimum Gasteiger partial charge on any atom is -0.299 e. The molecule has 100 valence electrons. The second kappa shape index (κ2) is 6.36. The first-order chi connectivity index (χ1) is 8.66. The largest absolute Gasteiger partial charge is 0.299 e. The van der Waals surface area contributed by atoms with Crippen LogP contribution in [0.3, 0.4) is 0 Å². The molecule has 1 nitrogen and oxygen atoms in total. The Bertz CT molecular complexity index is 348. The number of rotatable bonds is 4. The Morgan fingerprint density at radius 2 is 1.17 bits per heavy atom. The highest BCUT2D eigenvalue weighted by molar-refractivity contribution is 5.83. The second-order valence-electron chi connectivity index (χ2n) is 6.07. The maximum atomic E-state index is 12.2. The van der Waals surface area contributed by atoms with Crippen molar-refractivity contribution in [2.24, 2.45) is 0 Å². The minimum absolute atomic E-state index is 0.447. The molecule has 1 heteroatoms. The Hall–Kier alpha value is -0.850. The number of carbonyl (C=O) groups is 1. The van der Waals surface area contributed by atoms with Gasteiger partial charge >= 0.3 is 0 Å². The summed E-state index contributed by atoms with van der Waals surface area (Å²) in [6.07, 6.45) is 11.4. The Balaban J connectivity index is 1.92. The van der Waals surface area contributed by atoms with E-state index >= 15 is 0 Å². The van der Waals surface area contributed by atoms with E-state index in [9.17, 15) is 4.79 Å².